The van der Waals surface area contributed by atoms with Crippen LogP contribution in [0.4, 0.5) is 0 Å². The third-order valence-electron chi connectivity index (χ3n) is 4.43. The fourth-order valence-corrected chi connectivity index (χ4v) is 2.95. The second-order valence-electron chi connectivity index (χ2n) is 6.85. The number of carbonyl (C=O) groups excluding carboxylic acids is 2. The van der Waals surface area contributed by atoms with Gasteiger partial charge in [0.05, 0.1) is 0 Å². The highest BCUT2D eigenvalue weighted by molar-refractivity contribution is 6.05. The van der Waals surface area contributed by atoms with Gasteiger partial charge in [0, 0.05) is 46.8 Å². The Bertz CT molecular complexity index is 796. The van der Waals surface area contributed by atoms with Crippen LogP contribution in [0.1, 0.15) is 41.0 Å². The van der Waals surface area contributed by atoms with Crippen LogP contribution in [0.15, 0.2) is 84.2 Å². The van der Waals surface area contributed by atoms with E-state index >= 15 is 0 Å². The predicted molar refractivity (Wildman–Crippen MR) is 108 cm³/mol. The Labute approximate surface area is 160 Å². The largest absolute Gasteiger partial charge is 0.384 e. The van der Waals surface area contributed by atoms with Crippen LogP contribution in [0.3, 0.4) is 0 Å². The molecule has 4 heteroatoms. The summed E-state index contributed by atoms with van der Waals surface area (Å²) in [7, 11) is 0. The van der Waals surface area contributed by atoms with E-state index in [9.17, 15) is 9.59 Å². The molecule has 4 nitrogen and oxygen atoms in total. The summed E-state index contributed by atoms with van der Waals surface area (Å²) in [6.45, 7) is 3.80. The molecular weight excluding hydrogens is 336 g/mol. The smallest absolute Gasteiger partial charge is 0.187 e. The van der Waals surface area contributed by atoms with Crippen molar-refractivity contribution in [3.63, 3.8) is 0 Å². The number of ketones is 2. The van der Waals surface area contributed by atoms with Crippen molar-refractivity contribution in [1.82, 2.24) is 10.6 Å². The van der Waals surface area contributed by atoms with E-state index in [2.05, 4.69) is 10.6 Å². The van der Waals surface area contributed by atoms with Crippen molar-refractivity contribution < 1.29 is 9.59 Å². The molecule has 0 heterocycles. The Morgan fingerprint density at radius 1 is 0.741 bits per heavy atom. The number of benzene rings is 2. The Morgan fingerprint density at radius 3 is 1.48 bits per heavy atom. The first-order valence-electron chi connectivity index (χ1n) is 9.11. The van der Waals surface area contributed by atoms with Crippen molar-refractivity contribution in [2.45, 2.75) is 32.4 Å². The van der Waals surface area contributed by atoms with Crippen molar-refractivity contribution in [2.75, 3.05) is 0 Å². The highest BCUT2D eigenvalue weighted by Crippen LogP contribution is 2.23. The van der Waals surface area contributed by atoms with Crippen molar-refractivity contribution in [2.24, 2.45) is 0 Å². The van der Waals surface area contributed by atoms with E-state index in [-0.39, 0.29) is 23.7 Å². The molecule has 2 N–H and O–H groups in total. The van der Waals surface area contributed by atoms with Crippen molar-refractivity contribution in [1.29, 1.82) is 0 Å². The Balaban J connectivity index is 1.49. The molecular formula is C23H24N2O2. The number of rotatable bonds is 8. The number of hydrogen-bond acceptors (Lipinski definition) is 4. The van der Waals surface area contributed by atoms with Gasteiger partial charge in [0.2, 0.25) is 0 Å². The van der Waals surface area contributed by atoms with Crippen LogP contribution in [0.2, 0.25) is 0 Å². The molecule has 0 aromatic heterocycles. The van der Waals surface area contributed by atoms with Gasteiger partial charge in [0.25, 0.3) is 0 Å². The molecule has 0 saturated heterocycles. The van der Waals surface area contributed by atoms with Crippen molar-refractivity contribution >= 4 is 11.6 Å². The van der Waals surface area contributed by atoms with Crippen molar-refractivity contribution in [3.8, 4) is 0 Å². The summed E-state index contributed by atoms with van der Waals surface area (Å²) in [5.74, 6) is -0.00872. The predicted octanol–water partition coefficient (Wildman–Crippen LogP) is 3.88. The molecule has 1 saturated carbocycles. The lowest BCUT2D eigenvalue weighted by molar-refractivity contribution is 0.103. The minimum absolute atomic E-state index is 0.00436. The number of allylic oxidation sites excluding steroid dienone is 4. The zero-order chi connectivity index (χ0) is 19.2. The zero-order valence-corrected chi connectivity index (χ0v) is 15.6. The minimum Gasteiger partial charge on any atom is -0.384 e. The first kappa shape index (κ1) is 18.6. The molecule has 27 heavy (non-hydrogen) atoms. The molecule has 2 atom stereocenters. The molecule has 0 radical (unpaired) electrons. The molecule has 1 fully saturated rings. The van der Waals surface area contributed by atoms with Gasteiger partial charge in [-0.05, 0) is 20.3 Å². The fraction of sp³-hybridized carbons (Fsp3) is 0.217. The molecule has 0 bridgehead atoms. The Kier molecular flexibility index (Phi) is 5.87. The van der Waals surface area contributed by atoms with Gasteiger partial charge in [0.15, 0.2) is 11.6 Å². The minimum atomic E-state index is -0.00436. The average molecular weight is 360 g/mol. The van der Waals surface area contributed by atoms with Crippen molar-refractivity contribution in [3.05, 3.63) is 95.3 Å². The van der Waals surface area contributed by atoms with Gasteiger partial charge in [-0.15, -0.1) is 0 Å². The summed E-state index contributed by atoms with van der Waals surface area (Å²) in [6, 6.07) is 19.0. The highest BCUT2D eigenvalue weighted by atomic mass is 16.1. The summed E-state index contributed by atoms with van der Waals surface area (Å²) in [5, 5.41) is 6.72. The quantitative estimate of drug-likeness (QED) is 0.554. The van der Waals surface area contributed by atoms with Gasteiger partial charge in [0.1, 0.15) is 0 Å². The summed E-state index contributed by atoms with van der Waals surface area (Å²) >= 11 is 0. The van der Waals surface area contributed by atoms with E-state index in [1.54, 1.807) is 12.2 Å². The Hall–Kier alpha value is -3.14. The van der Waals surface area contributed by atoms with Crippen LogP contribution in [-0.4, -0.2) is 23.7 Å². The third kappa shape index (κ3) is 5.42. The van der Waals surface area contributed by atoms with E-state index in [1.807, 2.05) is 74.5 Å². The maximum atomic E-state index is 12.2. The maximum absolute atomic E-state index is 12.2. The van der Waals surface area contributed by atoms with Crippen LogP contribution in [-0.2, 0) is 0 Å². The monoisotopic (exact) mass is 360 g/mol. The number of nitrogens with one attached hydrogen (secondary N) is 2. The molecule has 2 aromatic rings. The van der Waals surface area contributed by atoms with Gasteiger partial charge >= 0.3 is 0 Å². The fourth-order valence-electron chi connectivity index (χ4n) is 2.95. The van der Waals surface area contributed by atoms with Crippen LogP contribution in [0.5, 0.6) is 0 Å². The second-order valence-corrected chi connectivity index (χ2v) is 6.85. The lowest BCUT2D eigenvalue weighted by Gasteiger charge is -2.09. The molecule has 3 rings (SSSR count). The highest BCUT2D eigenvalue weighted by Gasteiger charge is 2.37. The van der Waals surface area contributed by atoms with Crippen LogP contribution in [0, 0.1) is 0 Å². The van der Waals surface area contributed by atoms with E-state index in [0.29, 0.717) is 11.1 Å². The second kappa shape index (κ2) is 8.49. The van der Waals surface area contributed by atoms with Gasteiger partial charge < -0.3 is 10.6 Å². The van der Waals surface area contributed by atoms with E-state index < -0.39 is 0 Å². The molecule has 0 aliphatic heterocycles. The van der Waals surface area contributed by atoms with Crippen LogP contribution in [0.25, 0.3) is 0 Å². The SMILES string of the molecule is C/C(=C\C(=O)c1ccccc1)N[C@H]1C[C@@H]1N/C(C)=C/C(=O)c1ccccc1. The average Bonchev–Trinajstić information content (AvgIpc) is 3.39. The summed E-state index contributed by atoms with van der Waals surface area (Å²) in [5.41, 5.74) is 3.06. The zero-order valence-electron chi connectivity index (χ0n) is 15.6. The number of carbonyl (C=O) groups is 2. The molecule has 0 amide bonds. The van der Waals surface area contributed by atoms with E-state index in [4.69, 9.17) is 0 Å². The first-order chi connectivity index (χ1) is 13.0. The van der Waals surface area contributed by atoms with Crippen LogP contribution >= 0.6 is 0 Å². The summed E-state index contributed by atoms with van der Waals surface area (Å²) in [4.78, 5) is 24.4. The van der Waals surface area contributed by atoms with E-state index in [1.165, 1.54) is 0 Å². The van der Waals surface area contributed by atoms with Crippen LogP contribution < -0.4 is 10.6 Å². The molecule has 138 valence electrons. The molecule has 1 aliphatic carbocycles. The summed E-state index contributed by atoms with van der Waals surface area (Å²) in [6.07, 6.45) is 4.22. The maximum Gasteiger partial charge on any atom is 0.187 e. The third-order valence-corrected chi connectivity index (χ3v) is 4.43. The van der Waals surface area contributed by atoms with Gasteiger partial charge in [-0.1, -0.05) is 60.7 Å². The number of hydrogen-bond donors (Lipinski definition) is 2. The Morgan fingerprint density at radius 2 is 1.11 bits per heavy atom. The first-order valence-corrected chi connectivity index (χ1v) is 9.11. The lowest BCUT2D eigenvalue weighted by Crippen LogP contribution is -2.26. The van der Waals surface area contributed by atoms with E-state index in [0.717, 1.165) is 17.8 Å². The molecule has 2 aromatic carbocycles. The normalized spacial score (nSPS) is 19.3. The topological polar surface area (TPSA) is 58.2 Å². The lowest BCUT2D eigenvalue weighted by atomic mass is 10.1. The van der Waals surface area contributed by atoms with Gasteiger partial charge in [-0.2, -0.15) is 0 Å². The molecule has 1 aliphatic rings. The van der Waals surface area contributed by atoms with Gasteiger partial charge in [-0.3, -0.25) is 9.59 Å². The van der Waals surface area contributed by atoms with Gasteiger partial charge in [-0.25, -0.2) is 0 Å². The molecule has 0 spiro atoms. The molecule has 0 unspecified atom stereocenters. The summed E-state index contributed by atoms with van der Waals surface area (Å²) < 4.78 is 0. The standard InChI is InChI=1S/C23H24N2O2/c1-16(13-22(26)18-9-5-3-6-10-18)24-20-15-21(20)25-17(2)14-23(27)19-11-7-4-8-12-19/h3-14,20-21,24-25H,15H2,1-2H3/b16-13+,17-14+/t20-,21-/m0/s1.